The molecule has 0 radical (unpaired) electrons. The van der Waals surface area contributed by atoms with E-state index >= 15 is 0 Å². The maximum atomic E-state index is 10.2. The number of nitrogens with zero attached hydrogens (tertiary/aromatic N) is 1. The van der Waals surface area contributed by atoms with Gasteiger partial charge in [-0.05, 0) is 23.6 Å². The summed E-state index contributed by atoms with van der Waals surface area (Å²) in [5.41, 5.74) is 0.623. The predicted molar refractivity (Wildman–Crippen MR) is 64.5 cm³/mol. The lowest BCUT2D eigenvalue weighted by molar-refractivity contribution is 0.186. The van der Waals surface area contributed by atoms with Gasteiger partial charge in [0.2, 0.25) is 0 Å². The van der Waals surface area contributed by atoms with Crippen molar-refractivity contribution < 1.29 is 9.52 Å². The summed E-state index contributed by atoms with van der Waals surface area (Å²) in [7, 11) is 0. The monoisotopic (exact) mass is 225 g/mol. The third-order valence-corrected chi connectivity index (χ3v) is 2.78. The van der Waals surface area contributed by atoms with E-state index in [1.165, 1.54) is 0 Å². The first-order chi connectivity index (χ1) is 8.36. The molecule has 0 amide bonds. The lowest BCUT2D eigenvalue weighted by Crippen LogP contribution is -2.01. The zero-order valence-electron chi connectivity index (χ0n) is 9.08. The van der Waals surface area contributed by atoms with Gasteiger partial charge in [0.1, 0.15) is 5.76 Å². The molecule has 0 aliphatic heterocycles. The highest BCUT2D eigenvalue weighted by Gasteiger charge is 2.16. The first-order valence-corrected chi connectivity index (χ1v) is 5.41. The predicted octanol–water partition coefficient (Wildman–Crippen LogP) is 2.91. The molecule has 3 aromatic rings. The van der Waals surface area contributed by atoms with Crippen LogP contribution in [-0.4, -0.2) is 10.1 Å². The van der Waals surface area contributed by atoms with Crippen molar-refractivity contribution >= 4 is 10.8 Å². The van der Waals surface area contributed by atoms with Crippen LogP contribution in [0.1, 0.15) is 17.6 Å². The van der Waals surface area contributed by atoms with Gasteiger partial charge in [-0.15, -0.1) is 0 Å². The minimum Gasteiger partial charge on any atom is -0.466 e. The number of benzene rings is 1. The molecule has 0 aliphatic carbocycles. The van der Waals surface area contributed by atoms with E-state index in [2.05, 4.69) is 4.98 Å². The average molecular weight is 225 g/mol. The third-order valence-electron chi connectivity index (χ3n) is 2.78. The minimum absolute atomic E-state index is 0.508. The molecule has 0 aliphatic rings. The van der Waals surface area contributed by atoms with Gasteiger partial charge < -0.3 is 9.52 Å². The summed E-state index contributed by atoms with van der Waals surface area (Å²) in [6.07, 6.45) is 2.42. The Hall–Kier alpha value is -2.13. The Morgan fingerprint density at radius 3 is 2.76 bits per heavy atom. The van der Waals surface area contributed by atoms with E-state index in [1.807, 2.05) is 30.3 Å². The van der Waals surface area contributed by atoms with E-state index < -0.39 is 6.10 Å². The van der Waals surface area contributed by atoms with Gasteiger partial charge >= 0.3 is 0 Å². The second-order valence-corrected chi connectivity index (χ2v) is 3.84. The molecule has 0 spiro atoms. The van der Waals surface area contributed by atoms with E-state index in [1.54, 1.807) is 24.6 Å². The smallest absolute Gasteiger partial charge is 0.154 e. The van der Waals surface area contributed by atoms with Crippen LogP contribution in [0.25, 0.3) is 10.8 Å². The van der Waals surface area contributed by atoms with E-state index in [-0.39, 0.29) is 0 Å². The molecular weight excluding hydrogens is 214 g/mol. The Morgan fingerprint density at radius 1 is 1.06 bits per heavy atom. The normalized spacial score (nSPS) is 12.8. The van der Waals surface area contributed by atoms with E-state index in [9.17, 15) is 5.11 Å². The van der Waals surface area contributed by atoms with Gasteiger partial charge in [-0.1, -0.05) is 24.3 Å². The fourth-order valence-electron chi connectivity index (χ4n) is 1.94. The van der Waals surface area contributed by atoms with Crippen LogP contribution in [0.15, 0.2) is 59.3 Å². The number of furan rings is 1. The van der Waals surface area contributed by atoms with Gasteiger partial charge in [-0.2, -0.15) is 0 Å². The molecule has 0 saturated carbocycles. The lowest BCUT2D eigenvalue weighted by Gasteiger charge is -2.10. The fraction of sp³-hybridized carbons (Fsp3) is 0.0714. The van der Waals surface area contributed by atoms with Gasteiger partial charge in [0.15, 0.2) is 6.10 Å². The molecule has 2 heterocycles. The van der Waals surface area contributed by atoms with Crippen molar-refractivity contribution in [2.75, 3.05) is 0 Å². The quantitative estimate of drug-likeness (QED) is 0.729. The van der Waals surface area contributed by atoms with Crippen LogP contribution in [0.3, 0.4) is 0 Å². The number of aromatic nitrogens is 1. The Kier molecular flexibility index (Phi) is 2.38. The highest BCUT2D eigenvalue weighted by Crippen LogP contribution is 2.26. The Labute approximate surface area is 98.3 Å². The molecule has 1 atom stereocenters. The Morgan fingerprint density at radius 2 is 1.94 bits per heavy atom. The van der Waals surface area contributed by atoms with Crippen molar-refractivity contribution in [2.24, 2.45) is 0 Å². The lowest BCUT2D eigenvalue weighted by atomic mass is 10.1. The maximum absolute atomic E-state index is 10.2. The molecule has 84 valence electrons. The Bertz CT molecular complexity index is 626. The summed E-state index contributed by atoms with van der Waals surface area (Å²) in [6, 6.07) is 13.3. The van der Waals surface area contributed by atoms with Crippen molar-refractivity contribution in [3.05, 3.63) is 66.4 Å². The number of pyridine rings is 1. The number of fused-ring (bicyclic) bond motifs is 1. The molecule has 3 rings (SSSR count). The molecule has 17 heavy (non-hydrogen) atoms. The van der Waals surface area contributed by atoms with Crippen molar-refractivity contribution in [3.63, 3.8) is 0 Å². The van der Waals surface area contributed by atoms with Gasteiger partial charge in [0, 0.05) is 11.6 Å². The molecule has 0 unspecified atom stereocenters. The topological polar surface area (TPSA) is 46.3 Å². The van der Waals surface area contributed by atoms with E-state index in [0.29, 0.717) is 11.5 Å². The summed E-state index contributed by atoms with van der Waals surface area (Å²) in [4.78, 5) is 4.25. The molecular formula is C14H11NO2. The van der Waals surface area contributed by atoms with Crippen LogP contribution in [0.4, 0.5) is 0 Å². The third kappa shape index (κ3) is 1.70. The minimum atomic E-state index is -0.823. The molecule has 0 fully saturated rings. The number of hydrogen-bond acceptors (Lipinski definition) is 3. The first-order valence-electron chi connectivity index (χ1n) is 5.41. The number of aliphatic hydroxyl groups is 1. The SMILES string of the molecule is O[C@H](c1ccco1)c1nccc2ccccc12. The summed E-state index contributed by atoms with van der Waals surface area (Å²) in [6.45, 7) is 0. The molecule has 0 saturated heterocycles. The van der Waals surface area contributed by atoms with E-state index in [4.69, 9.17) is 4.42 Å². The van der Waals surface area contributed by atoms with Crippen LogP contribution in [0, 0.1) is 0 Å². The summed E-state index contributed by atoms with van der Waals surface area (Å²) < 4.78 is 5.21. The van der Waals surface area contributed by atoms with Crippen LogP contribution < -0.4 is 0 Å². The van der Waals surface area contributed by atoms with Crippen molar-refractivity contribution in [1.29, 1.82) is 0 Å². The highest BCUT2D eigenvalue weighted by molar-refractivity contribution is 5.84. The van der Waals surface area contributed by atoms with E-state index in [0.717, 1.165) is 10.8 Å². The van der Waals surface area contributed by atoms with Gasteiger partial charge in [-0.3, -0.25) is 4.98 Å². The van der Waals surface area contributed by atoms with Crippen LogP contribution >= 0.6 is 0 Å². The molecule has 3 heteroatoms. The van der Waals surface area contributed by atoms with Gasteiger partial charge in [0.05, 0.1) is 12.0 Å². The zero-order chi connectivity index (χ0) is 11.7. The summed E-state index contributed by atoms with van der Waals surface area (Å²) in [5, 5.41) is 12.2. The second-order valence-electron chi connectivity index (χ2n) is 3.84. The largest absolute Gasteiger partial charge is 0.466 e. The maximum Gasteiger partial charge on any atom is 0.154 e. The number of aliphatic hydroxyl groups excluding tert-OH is 1. The van der Waals surface area contributed by atoms with Crippen molar-refractivity contribution in [2.45, 2.75) is 6.10 Å². The van der Waals surface area contributed by atoms with Gasteiger partial charge in [0.25, 0.3) is 0 Å². The summed E-state index contributed by atoms with van der Waals surface area (Å²) in [5.74, 6) is 0.508. The Balaban J connectivity index is 2.17. The zero-order valence-corrected chi connectivity index (χ0v) is 9.08. The van der Waals surface area contributed by atoms with Gasteiger partial charge in [-0.25, -0.2) is 0 Å². The first kappa shape index (κ1) is 10.1. The van der Waals surface area contributed by atoms with Crippen LogP contribution in [-0.2, 0) is 0 Å². The number of hydrogen-bond donors (Lipinski definition) is 1. The summed E-state index contributed by atoms with van der Waals surface area (Å²) >= 11 is 0. The highest BCUT2D eigenvalue weighted by atomic mass is 16.4. The molecule has 1 N–H and O–H groups in total. The van der Waals surface area contributed by atoms with Crippen molar-refractivity contribution in [3.8, 4) is 0 Å². The standard InChI is InChI=1S/C14H11NO2/c16-14(12-6-3-9-17-12)13-11-5-2-1-4-10(11)7-8-15-13/h1-9,14,16H/t14-/m1/s1. The molecule has 2 aromatic heterocycles. The number of rotatable bonds is 2. The fourth-order valence-corrected chi connectivity index (χ4v) is 1.94. The second kappa shape index (κ2) is 4.03. The average Bonchev–Trinajstić information content (AvgIpc) is 2.91. The molecule has 0 bridgehead atoms. The van der Waals surface area contributed by atoms with Crippen molar-refractivity contribution in [1.82, 2.24) is 4.98 Å². The molecule has 1 aromatic carbocycles. The molecule has 3 nitrogen and oxygen atoms in total. The van der Waals surface area contributed by atoms with Crippen LogP contribution in [0.5, 0.6) is 0 Å². The van der Waals surface area contributed by atoms with Crippen LogP contribution in [0.2, 0.25) is 0 Å².